The third kappa shape index (κ3) is 3.93. The molecular formula is C14H15ClN4O. The minimum absolute atomic E-state index is 0.190. The molecule has 0 aromatic carbocycles. The summed E-state index contributed by atoms with van der Waals surface area (Å²) in [6.07, 6.45) is 3.38. The Morgan fingerprint density at radius 1 is 1.30 bits per heavy atom. The first-order chi connectivity index (χ1) is 9.69. The van der Waals surface area contributed by atoms with Gasteiger partial charge in [-0.1, -0.05) is 11.6 Å². The van der Waals surface area contributed by atoms with Gasteiger partial charge < -0.3 is 10.6 Å². The molecule has 0 saturated carbocycles. The molecule has 2 heterocycles. The Labute approximate surface area is 122 Å². The summed E-state index contributed by atoms with van der Waals surface area (Å²) < 4.78 is 0. The minimum Gasteiger partial charge on any atom is -0.370 e. The summed E-state index contributed by atoms with van der Waals surface area (Å²) in [4.78, 5) is 20.1. The van der Waals surface area contributed by atoms with Crippen LogP contribution < -0.4 is 10.6 Å². The lowest BCUT2D eigenvalue weighted by atomic mass is 10.2. The zero-order valence-electron chi connectivity index (χ0n) is 11.1. The lowest BCUT2D eigenvalue weighted by Crippen LogP contribution is -2.23. The molecule has 6 heteroatoms. The maximum absolute atomic E-state index is 12.1. The molecule has 2 N–H and O–H groups in total. The summed E-state index contributed by atoms with van der Waals surface area (Å²) in [5, 5.41) is 6.15. The van der Waals surface area contributed by atoms with E-state index in [0.717, 1.165) is 5.56 Å². The number of hydrogen-bond donors (Lipinski definition) is 2. The number of carbonyl (C=O) groups excluding carboxylic acids is 1. The molecule has 0 aliphatic rings. The van der Waals surface area contributed by atoms with Gasteiger partial charge in [0.25, 0.3) is 5.91 Å². The molecular weight excluding hydrogens is 276 g/mol. The molecule has 5 nitrogen and oxygen atoms in total. The summed E-state index contributed by atoms with van der Waals surface area (Å²) in [6, 6.07) is 6.93. The van der Waals surface area contributed by atoms with Crippen LogP contribution >= 0.6 is 11.6 Å². The van der Waals surface area contributed by atoms with Crippen molar-refractivity contribution in [3.8, 4) is 0 Å². The van der Waals surface area contributed by atoms with E-state index < -0.39 is 0 Å². The van der Waals surface area contributed by atoms with Gasteiger partial charge >= 0.3 is 0 Å². The predicted molar refractivity (Wildman–Crippen MR) is 78.8 cm³/mol. The minimum atomic E-state index is -0.190. The molecule has 2 aromatic rings. The van der Waals surface area contributed by atoms with E-state index in [9.17, 15) is 4.79 Å². The van der Waals surface area contributed by atoms with Crippen molar-refractivity contribution < 1.29 is 4.79 Å². The third-order valence-corrected chi connectivity index (χ3v) is 2.81. The second-order valence-corrected chi connectivity index (χ2v) is 4.52. The lowest BCUT2D eigenvalue weighted by Gasteiger charge is -2.08. The van der Waals surface area contributed by atoms with Crippen LogP contribution in [0, 0.1) is 0 Å². The highest BCUT2D eigenvalue weighted by molar-refractivity contribution is 6.29. The largest absolute Gasteiger partial charge is 0.370 e. The molecule has 0 aliphatic heterocycles. The first kappa shape index (κ1) is 14.3. The number of aromatic nitrogens is 2. The second kappa shape index (κ2) is 6.86. The van der Waals surface area contributed by atoms with Gasteiger partial charge in [0.05, 0.1) is 0 Å². The monoisotopic (exact) mass is 290 g/mol. The number of halogens is 1. The van der Waals surface area contributed by atoms with Gasteiger partial charge in [0.2, 0.25) is 0 Å². The Hall–Kier alpha value is -2.14. The molecule has 1 amide bonds. The van der Waals surface area contributed by atoms with Gasteiger partial charge in [-0.15, -0.1) is 0 Å². The first-order valence-corrected chi connectivity index (χ1v) is 6.65. The van der Waals surface area contributed by atoms with Crippen LogP contribution in [-0.4, -0.2) is 22.4 Å². The Morgan fingerprint density at radius 3 is 2.75 bits per heavy atom. The summed E-state index contributed by atoms with van der Waals surface area (Å²) in [6.45, 7) is 3.11. The van der Waals surface area contributed by atoms with Crippen LogP contribution in [-0.2, 0) is 6.54 Å². The number of carbonyl (C=O) groups is 1. The van der Waals surface area contributed by atoms with Crippen LogP contribution in [0.2, 0.25) is 5.15 Å². The zero-order chi connectivity index (χ0) is 14.4. The molecule has 2 rings (SSSR count). The number of nitrogens with zero attached hydrogens (tertiary/aromatic N) is 2. The van der Waals surface area contributed by atoms with Crippen LogP contribution in [0.3, 0.4) is 0 Å². The van der Waals surface area contributed by atoms with Gasteiger partial charge in [0, 0.05) is 31.0 Å². The molecule has 20 heavy (non-hydrogen) atoms. The average molecular weight is 291 g/mol. The molecule has 104 valence electrons. The smallest absolute Gasteiger partial charge is 0.251 e. The van der Waals surface area contributed by atoms with E-state index >= 15 is 0 Å². The van der Waals surface area contributed by atoms with Crippen LogP contribution in [0.4, 0.5) is 5.82 Å². The van der Waals surface area contributed by atoms with Crippen molar-refractivity contribution >= 4 is 23.3 Å². The van der Waals surface area contributed by atoms with Gasteiger partial charge in [-0.2, -0.15) is 0 Å². The number of rotatable bonds is 5. The van der Waals surface area contributed by atoms with Crippen LogP contribution in [0.15, 0.2) is 36.7 Å². The van der Waals surface area contributed by atoms with Gasteiger partial charge in [-0.25, -0.2) is 4.98 Å². The fourth-order valence-electron chi connectivity index (χ4n) is 1.68. The fourth-order valence-corrected chi connectivity index (χ4v) is 1.89. The quantitative estimate of drug-likeness (QED) is 0.830. The zero-order valence-corrected chi connectivity index (χ0v) is 11.8. The summed E-state index contributed by atoms with van der Waals surface area (Å²) in [5.41, 5.74) is 1.47. The normalized spacial score (nSPS) is 10.1. The average Bonchev–Trinajstić information content (AvgIpc) is 2.45. The first-order valence-electron chi connectivity index (χ1n) is 6.27. The maximum atomic E-state index is 12.1. The molecule has 0 atom stereocenters. The van der Waals surface area contributed by atoms with E-state index in [1.165, 1.54) is 0 Å². The molecule has 0 radical (unpaired) electrons. The van der Waals surface area contributed by atoms with E-state index in [1.807, 2.05) is 19.1 Å². The van der Waals surface area contributed by atoms with Crippen LogP contribution in [0.1, 0.15) is 22.8 Å². The highest BCUT2D eigenvalue weighted by Gasteiger charge is 2.09. The standard InChI is InChI=1S/C14H15ClN4O/c1-2-17-13-8-11(7-12(15)19-13)14(20)18-9-10-3-5-16-6-4-10/h3-8H,2,9H2,1H3,(H,17,19)(H,18,20). The Balaban J connectivity index is 2.05. The Morgan fingerprint density at radius 2 is 2.05 bits per heavy atom. The summed E-state index contributed by atoms with van der Waals surface area (Å²) in [5.74, 6) is 0.402. The van der Waals surface area contributed by atoms with Crippen molar-refractivity contribution in [3.05, 3.63) is 52.9 Å². The Kier molecular flexibility index (Phi) is 4.90. The van der Waals surface area contributed by atoms with Gasteiger partial charge in [-0.3, -0.25) is 9.78 Å². The van der Waals surface area contributed by atoms with Crippen molar-refractivity contribution in [3.63, 3.8) is 0 Å². The summed E-state index contributed by atoms with van der Waals surface area (Å²) in [7, 11) is 0. The molecule has 0 unspecified atom stereocenters. The topological polar surface area (TPSA) is 66.9 Å². The van der Waals surface area contributed by atoms with Crippen molar-refractivity contribution in [1.29, 1.82) is 0 Å². The van der Waals surface area contributed by atoms with Crippen molar-refractivity contribution in [2.45, 2.75) is 13.5 Å². The fraction of sp³-hybridized carbons (Fsp3) is 0.214. The van der Waals surface area contributed by atoms with Gasteiger partial charge in [0.1, 0.15) is 11.0 Å². The Bertz CT molecular complexity index is 589. The second-order valence-electron chi connectivity index (χ2n) is 4.13. The molecule has 0 spiro atoms. The predicted octanol–water partition coefficient (Wildman–Crippen LogP) is 2.49. The van der Waals surface area contributed by atoms with E-state index in [4.69, 9.17) is 11.6 Å². The van der Waals surface area contributed by atoms with Crippen LogP contribution in [0.25, 0.3) is 0 Å². The lowest BCUT2D eigenvalue weighted by molar-refractivity contribution is 0.0951. The summed E-state index contributed by atoms with van der Waals surface area (Å²) >= 11 is 5.91. The van der Waals surface area contributed by atoms with E-state index in [1.54, 1.807) is 24.5 Å². The molecule has 2 aromatic heterocycles. The van der Waals surface area contributed by atoms with E-state index in [2.05, 4.69) is 20.6 Å². The number of anilines is 1. The van der Waals surface area contributed by atoms with Gasteiger partial charge in [0.15, 0.2) is 0 Å². The number of pyridine rings is 2. The maximum Gasteiger partial charge on any atom is 0.251 e. The molecule has 0 fully saturated rings. The SMILES string of the molecule is CCNc1cc(C(=O)NCc2ccncc2)cc(Cl)n1. The van der Waals surface area contributed by atoms with Gasteiger partial charge in [-0.05, 0) is 36.8 Å². The van der Waals surface area contributed by atoms with Crippen molar-refractivity contribution in [1.82, 2.24) is 15.3 Å². The third-order valence-electron chi connectivity index (χ3n) is 2.62. The molecule has 0 aliphatic carbocycles. The van der Waals surface area contributed by atoms with E-state index in [0.29, 0.717) is 24.5 Å². The van der Waals surface area contributed by atoms with Crippen molar-refractivity contribution in [2.24, 2.45) is 0 Å². The van der Waals surface area contributed by atoms with Crippen LogP contribution in [0.5, 0.6) is 0 Å². The number of hydrogen-bond acceptors (Lipinski definition) is 4. The number of nitrogens with one attached hydrogen (secondary N) is 2. The highest BCUT2D eigenvalue weighted by Crippen LogP contribution is 2.14. The van der Waals surface area contributed by atoms with Crippen molar-refractivity contribution in [2.75, 3.05) is 11.9 Å². The molecule has 0 bridgehead atoms. The molecule has 0 saturated heterocycles. The highest BCUT2D eigenvalue weighted by atomic mass is 35.5. The number of amides is 1. The van der Waals surface area contributed by atoms with E-state index in [-0.39, 0.29) is 11.1 Å².